The third-order valence-corrected chi connectivity index (χ3v) is 4.30. The molecule has 4 nitrogen and oxygen atoms in total. The second-order valence-corrected chi connectivity index (χ2v) is 5.19. The van der Waals surface area contributed by atoms with E-state index in [0.717, 1.165) is 19.3 Å². The predicted molar refractivity (Wildman–Crippen MR) is 65.6 cm³/mol. The van der Waals surface area contributed by atoms with Gasteiger partial charge in [-0.1, -0.05) is 33.6 Å². The molecule has 1 fully saturated rings. The lowest BCUT2D eigenvalue weighted by Crippen LogP contribution is -2.61. The maximum Gasteiger partial charge on any atom is 0.329 e. The number of carbonyl (C=O) groups excluding carboxylic acids is 1. The van der Waals surface area contributed by atoms with Gasteiger partial charge in [0.05, 0.1) is 0 Å². The van der Waals surface area contributed by atoms with E-state index in [-0.39, 0.29) is 5.92 Å². The summed E-state index contributed by atoms with van der Waals surface area (Å²) in [4.78, 5) is 24.4. The van der Waals surface area contributed by atoms with Gasteiger partial charge in [-0.25, -0.2) is 4.79 Å². The standard InChI is InChI=1S/C13H23NO3/c1-4-8-14(9-15)13(12(16)17)7-5-6-10(2)11(13)3/h9-11H,4-8H2,1-3H3,(H,16,17). The molecule has 0 aliphatic heterocycles. The fourth-order valence-corrected chi connectivity index (χ4v) is 3.06. The molecule has 3 atom stereocenters. The Kier molecular flexibility index (Phi) is 4.54. The molecule has 1 saturated carbocycles. The fraction of sp³-hybridized carbons (Fsp3) is 0.846. The Morgan fingerprint density at radius 2 is 2.18 bits per heavy atom. The third-order valence-electron chi connectivity index (χ3n) is 4.30. The Hall–Kier alpha value is -1.06. The van der Waals surface area contributed by atoms with Crippen LogP contribution in [0.3, 0.4) is 0 Å². The maximum atomic E-state index is 11.7. The van der Waals surface area contributed by atoms with Gasteiger partial charge in [0, 0.05) is 6.54 Å². The van der Waals surface area contributed by atoms with Crippen LogP contribution in [-0.4, -0.2) is 34.5 Å². The molecule has 0 saturated heterocycles. The van der Waals surface area contributed by atoms with E-state index >= 15 is 0 Å². The van der Waals surface area contributed by atoms with Gasteiger partial charge in [0.1, 0.15) is 5.54 Å². The van der Waals surface area contributed by atoms with Crippen molar-refractivity contribution >= 4 is 12.4 Å². The van der Waals surface area contributed by atoms with Crippen LogP contribution in [0.1, 0.15) is 46.5 Å². The molecule has 1 amide bonds. The highest BCUT2D eigenvalue weighted by Crippen LogP contribution is 2.41. The molecule has 1 rings (SSSR count). The molecule has 3 unspecified atom stereocenters. The summed E-state index contributed by atoms with van der Waals surface area (Å²) in [5.41, 5.74) is -0.991. The molecule has 1 aliphatic carbocycles. The first-order valence-corrected chi connectivity index (χ1v) is 6.46. The lowest BCUT2D eigenvalue weighted by atomic mass is 9.67. The van der Waals surface area contributed by atoms with Gasteiger partial charge in [-0.3, -0.25) is 4.79 Å². The van der Waals surface area contributed by atoms with Gasteiger partial charge < -0.3 is 10.0 Å². The van der Waals surface area contributed by atoms with E-state index in [0.29, 0.717) is 25.3 Å². The molecule has 1 N–H and O–H groups in total. The molecule has 0 aromatic carbocycles. The zero-order valence-electron chi connectivity index (χ0n) is 11.0. The Bertz CT molecular complexity index is 292. The molecule has 0 spiro atoms. The first-order valence-electron chi connectivity index (χ1n) is 6.46. The van der Waals surface area contributed by atoms with Gasteiger partial charge in [0.2, 0.25) is 6.41 Å². The van der Waals surface area contributed by atoms with Crippen LogP contribution in [-0.2, 0) is 9.59 Å². The van der Waals surface area contributed by atoms with Crippen LogP contribution in [0, 0.1) is 11.8 Å². The highest BCUT2D eigenvalue weighted by atomic mass is 16.4. The van der Waals surface area contributed by atoms with Crippen molar-refractivity contribution in [3.05, 3.63) is 0 Å². The monoisotopic (exact) mass is 241 g/mol. The minimum absolute atomic E-state index is 0.00509. The highest BCUT2D eigenvalue weighted by Gasteiger charge is 2.51. The predicted octanol–water partition coefficient (Wildman–Crippen LogP) is 2.13. The van der Waals surface area contributed by atoms with E-state index in [1.807, 2.05) is 13.8 Å². The van der Waals surface area contributed by atoms with E-state index < -0.39 is 11.5 Å². The minimum Gasteiger partial charge on any atom is -0.479 e. The van der Waals surface area contributed by atoms with E-state index in [9.17, 15) is 14.7 Å². The van der Waals surface area contributed by atoms with Crippen molar-refractivity contribution in [1.82, 2.24) is 4.90 Å². The van der Waals surface area contributed by atoms with Gasteiger partial charge in [-0.05, 0) is 24.7 Å². The summed E-state index contributed by atoms with van der Waals surface area (Å²) in [5, 5.41) is 9.60. The summed E-state index contributed by atoms with van der Waals surface area (Å²) in [6.07, 6.45) is 4.01. The van der Waals surface area contributed by atoms with Gasteiger partial charge in [-0.2, -0.15) is 0 Å². The summed E-state index contributed by atoms with van der Waals surface area (Å²) in [5.74, 6) is -0.498. The Labute approximate surface area is 103 Å². The average molecular weight is 241 g/mol. The molecule has 0 heterocycles. The van der Waals surface area contributed by atoms with Crippen LogP contribution in [0.2, 0.25) is 0 Å². The van der Waals surface area contributed by atoms with Gasteiger partial charge in [0.25, 0.3) is 0 Å². The molecular weight excluding hydrogens is 218 g/mol. The van der Waals surface area contributed by atoms with Crippen LogP contribution in [0.15, 0.2) is 0 Å². The summed E-state index contributed by atoms with van der Waals surface area (Å²) >= 11 is 0. The number of nitrogens with zero attached hydrogens (tertiary/aromatic N) is 1. The first-order chi connectivity index (χ1) is 8.00. The molecule has 98 valence electrons. The quantitative estimate of drug-likeness (QED) is 0.750. The highest BCUT2D eigenvalue weighted by molar-refractivity contribution is 5.82. The molecule has 0 aromatic heterocycles. The lowest BCUT2D eigenvalue weighted by molar-refractivity contribution is -0.164. The van der Waals surface area contributed by atoms with E-state index in [1.165, 1.54) is 4.90 Å². The van der Waals surface area contributed by atoms with Crippen molar-refractivity contribution in [2.45, 2.75) is 52.0 Å². The van der Waals surface area contributed by atoms with Gasteiger partial charge in [0.15, 0.2) is 0 Å². The van der Waals surface area contributed by atoms with Gasteiger partial charge in [-0.15, -0.1) is 0 Å². The van der Waals surface area contributed by atoms with Crippen LogP contribution < -0.4 is 0 Å². The average Bonchev–Trinajstić information content (AvgIpc) is 2.30. The van der Waals surface area contributed by atoms with E-state index in [1.54, 1.807) is 0 Å². The van der Waals surface area contributed by atoms with Crippen molar-refractivity contribution in [2.24, 2.45) is 11.8 Å². The maximum absolute atomic E-state index is 11.7. The van der Waals surface area contributed by atoms with Crippen molar-refractivity contribution in [1.29, 1.82) is 0 Å². The summed E-state index contributed by atoms with van der Waals surface area (Å²) in [6.45, 7) is 6.52. The minimum atomic E-state index is -0.991. The zero-order valence-corrected chi connectivity index (χ0v) is 11.0. The molecule has 0 radical (unpaired) electrons. The number of carboxylic acid groups (broad SMARTS) is 1. The van der Waals surface area contributed by atoms with Crippen LogP contribution >= 0.6 is 0 Å². The van der Waals surface area contributed by atoms with Crippen molar-refractivity contribution in [2.75, 3.05) is 6.54 Å². The van der Waals surface area contributed by atoms with E-state index in [4.69, 9.17) is 0 Å². The van der Waals surface area contributed by atoms with Crippen molar-refractivity contribution < 1.29 is 14.7 Å². The third kappa shape index (κ3) is 2.31. The molecule has 4 heteroatoms. The van der Waals surface area contributed by atoms with Crippen molar-refractivity contribution in [3.63, 3.8) is 0 Å². The Morgan fingerprint density at radius 1 is 1.53 bits per heavy atom. The number of rotatable bonds is 5. The molecule has 1 aliphatic rings. The fourth-order valence-electron chi connectivity index (χ4n) is 3.06. The van der Waals surface area contributed by atoms with Crippen LogP contribution in [0.25, 0.3) is 0 Å². The zero-order chi connectivity index (χ0) is 13.1. The second-order valence-electron chi connectivity index (χ2n) is 5.19. The topological polar surface area (TPSA) is 57.6 Å². The second kappa shape index (κ2) is 5.52. The number of carboxylic acids is 1. The molecule has 0 bridgehead atoms. The largest absolute Gasteiger partial charge is 0.479 e. The first kappa shape index (κ1) is 14.0. The summed E-state index contributed by atoms with van der Waals surface area (Å²) in [6, 6.07) is 0. The molecule has 17 heavy (non-hydrogen) atoms. The SMILES string of the molecule is CCCN(C=O)C1(C(=O)O)CCCC(C)C1C. The Morgan fingerprint density at radius 3 is 2.65 bits per heavy atom. The van der Waals surface area contributed by atoms with Crippen LogP contribution in [0.4, 0.5) is 0 Å². The number of aliphatic carboxylic acids is 1. The molecular formula is C13H23NO3. The normalized spacial score (nSPS) is 33.1. The summed E-state index contributed by atoms with van der Waals surface area (Å²) < 4.78 is 0. The van der Waals surface area contributed by atoms with Crippen molar-refractivity contribution in [3.8, 4) is 0 Å². The van der Waals surface area contributed by atoms with E-state index in [2.05, 4.69) is 6.92 Å². The number of carbonyl (C=O) groups is 2. The Balaban J connectivity index is 3.10. The molecule has 0 aromatic rings. The van der Waals surface area contributed by atoms with Gasteiger partial charge >= 0.3 is 5.97 Å². The lowest BCUT2D eigenvalue weighted by Gasteiger charge is -2.48. The van der Waals surface area contributed by atoms with Crippen LogP contribution in [0.5, 0.6) is 0 Å². The smallest absolute Gasteiger partial charge is 0.329 e. The number of hydrogen-bond acceptors (Lipinski definition) is 2. The number of amides is 1. The summed E-state index contributed by atoms with van der Waals surface area (Å²) in [7, 11) is 0. The number of hydrogen-bond donors (Lipinski definition) is 1.